The predicted octanol–water partition coefficient (Wildman–Crippen LogP) is 2.37. The van der Waals surface area contributed by atoms with Gasteiger partial charge < -0.3 is 10.1 Å². The van der Waals surface area contributed by atoms with Gasteiger partial charge >= 0.3 is 0 Å². The monoisotopic (exact) mass is 268 g/mol. The standard InChI is InChI=1S/C13H17ClN2O2/c1-3-4-6-18-7-5-15-13(17)11-9-16-10(2)8-12(11)14/h3,8-9H,1,4-7H2,2H3,(H,15,17). The number of nitrogens with one attached hydrogen (secondary N) is 1. The van der Waals surface area contributed by atoms with Crippen molar-refractivity contribution in [1.29, 1.82) is 0 Å². The summed E-state index contributed by atoms with van der Waals surface area (Å²) in [5.41, 5.74) is 1.16. The first-order chi connectivity index (χ1) is 8.65. The molecular formula is C13H17ClN2O2. The second kappa shape index (κ2) is 7.84. The number of ether oxygens (including phenoxy) is 1. The average molecular weight is 269 g/mol. The number of rotatable bonds is 7. The van der Waals surface area contributed by atoms with E-state index in [2.05, 4.69) is 16.9 Å². The van der Waals surface area contributed by atoms with Gasteiger partial charge in [0.15, 0.2) is 0 Å². The summed E-state index contributed by atoms with van der Waals surface area (Å²) in [5, 5.41) is 3.13. The minimum atomic E-state index is -0.236. The van der Waals surface area contributed by atoms with E-state index >= 15 is 0 Å². The van der Waals surface area contributed by atoms with E-state index < -0.39 is 0 Å². The zero-order chi connectivity index (χ0) is 13.4. The topological polar surface area (TPSA) is 51.2 Å². The number of hydrogen-bond acceptors (Lipinski definition) is 3. The molecule has 5 heteroatoms. The summed E-state index contributed by atoms with van der Waals surface area (Å²) < 4.78 is 5.28. The first-order valence-electron chi connectivity index (χ1n) is 5.74. The lowest BCUT2D eigenvalue weighted by atomic mass is 10.2. The van der Waals surface area contributed by atoms with Gasteiger partial charge in [-0.1, -0.05) is 17.7 Å². The summed E-state index contributed by atoms with van der Waals surface area (Å²) in [6.45, 7) is 6.94. The van der Waals surface area contributed by atoms with Crippen LogP contribution in [0.4, 0.5) is 0 Å². The van der Waals surface area contributed by atoms with Crippen LogP contribution in [0.15, 0.2) is 24.9 Å². The Kier molecular flexibility index (Phi) is 6.39. The second-order valence-electron chi connectivity index (χ2n) is 3.75. The van der Waals surface area contributed by atoms with Gasteiger partial charge in [0, 0.05) is 18.4 Å². The molecule has 1 aromatic rings. The van der Waals surface area contributed by atoms with Gasteiger partial charge in [-0.05, 0) is 19.4 Å². The molecule has 0 atom stereocenters. The van der Waals surface area contributed by atoms with E-state index in [-0.39, 0.29) is 5.91 Å². The van der Waals surface area contributed by atoms with Crippen LogP contribution in [0.2, 0.25) is 5.02 Å². The van der Waals surface area contributed by atoms with Crippen LogP contribution in [-0.2, 0) is 4.74 Å². The second-order valence-corrected chi connectivity index (χ2v) is 4.16. The van der Waals surface area contributed by atoms with Crippen molar-refractivity contribution in [3.8, 4) is 0 Å². The van der Waals surface area contributed by atoms with Gasteiger partial charge in [-0.15, -0.1) is 6.58 Å². The number of aromatic nitrogens is 1. The van der Waals surface area contributed by atoms with Gasteiger partial charge in [0.1, 0.15) is 0 Å². The van der Waals surface area contributed by atoms with E-state index in [1.165, 1.54) is 6.20 Å². The molecule has 18 heavy (non-hydrogen) atoms. The molecule has 1 heterocycles. The summed E-state index contributed by atoms with van der Waals surface area (Å²) in [6, 6.07) is 1.66. The van der Waals surface area contributed by atoms with Crippen molar-refractivity contribution in [2.75, 3.05) is 19.8 Å². The van der Waals surface area contributed by atoms with Crippen molar-refractivity contribution in [3.05, 3.63) is 41.2 Å². The van der Waals surface area contributed by atoms with E-state index in [0.717, 1.165) is 12.1 Å². The minimum Gasteiger partial charge on any atom is -0.379 e. The molecule has 1 rings (SSSR count). The third-order valence-corrected chi connectivity index (χ3v) is 2.55. The number of hydrogen-bond donors (Lipinski definition) is 1. The average Bonchev–Trinajstić information content (AvgIpc) is 2.33. The Morgan fingerprint density at radius 1 is 1.61 bits per heavy atom. The first-order valence-corrected chi connectivity index (χ1v) is 6.12. The number of carbonyl (C=O) groups is 1. The Hall–Kier alpha value is -1.39. The number of pyridine rings is 1. The Morgan fingerprint density at radius 3 is 3.06 bits per heavy atom. The number of nitrogens with zero attached hydrogens (tertiary/aromatic N) is 1. The largest absolute Gasteiger partial charge is 0.379 e. The molecule has 0 aliphatic rings. The molecular weight excluding hydrogens is 252 g/mol. The van der Waals surface area contributed by atoms with E-state index in [1.807, 2.05) is 6.92 Å². The molecule has 0 spiro atoms. The van der Waals surface area contributed by atoms with E-state index in [9.17, 15) is 4.79 Å². The number of carbonyl (C=O) groups excluding carboxylic acids is 1. The fraction of sp³-hybridized carbons (Fsp3) is 0.385. The normalized spacial score (nSPS) is 10.1. The third-order valence-electron chi connectivity index (χ3n) is 2.23. The van der Waals surface area contributed by atoms with Crippen molar-refractivity contribution < 1.29 is 9.53 Å². The van der Waals surface area contributed by atoms with E-state index in [4.69, 9.17) is 16.3 Å². The fourth-order valence-electron chi connectivity index (χ4n) is 1.29. The van der Waals surface area contributed by atoms with Crippen molar-refractivity contribution >= 4 is 17.5 Å². The van der Waals surface area contributed by atoms with E-state index in [0.29, 0.717) is 30.3 Å². The lowest BCUT2D eigenvalue weighted by Gasteiger charge is -2.07. The fourth-order valence-corrected chi connectivity index (χ4v) is 1.59. The molecule has 4 nitrogen and oxygen atoms in total. The van der Waals surface area contributed by atoms with Crippen molar-refractivity contribution in [2.45, 2.75) is 13.3 Å². The van der Waals surface area contributed by atoms with Crippen LogP contribution in [0.1, 0.15) is 22.5 Å². The molecule has 1 amide bonds. The zero-order valence-electron chi connectivity index (χ0n) is 10.4. The Morgan fingerprint density at radius 2 is 2.39 bits per heavy atom. The van der Waals surface area contributed by atoms with Crippen LogP contribution in [0.5, 0.6) is 0 Å². The zero-order valence-corrected chi connectivity index (χ0v) is 11.2. The highest BCUT2D eigenvalue weighted by atomic mass is 35.5. The third kappa shape index (κ3) is 4.85. The van der Waals surface area contributed by atoms with Gasteiger partial charge in [-0.3, -0.25) is 9.78 Å². The molecule has 0 unspecified atom stereocenters. The smallest absolute Gasteiger partial charge is 0.254 e. The molecule has 0 aromatic carbocycles. The van der Waals surface area contributed by atoms with Gasteiger partial charge in [-0.2, -0.15) is 0 Å². The minimum absolute atomic E-state index is 0.236. The molecule has 0 aliphatic heterocycles. The maximum absolute atomic E-state index is 11.8. The highest BCUT2D eigenvalue weighted by Gasteiger charge is 2.10. The summed E-state index contributed by atoms with van der Waals surface area (Å²) in [7, 11) is 0. The lowest BCUT2D eigenvalue weighted by molar-refractivity contribution is 0.0917. The molecule has 0 radical (unpaired) electrons. The van der Waals surface area contributed by atoms with Crippen LogP contribution >= 0.6 is 11.6 Å². The van der Waals surface area contributed by atoms with Gasteiger partial charge in [0.2, 0.25) is 0 Å². The Labute approximate surface area is 112 Å². The van der Waals surface area contributed by atoms with E-state index in [1.54, 1.807) is 12.1 Å². The molecule has 1 aromatic heterocycles. The summed E-state index contributed by atoms with van der Waals surface area (Å²) in [6.07, 6.45) is 4.07. The summed E-state index contributed by atoms with van der Waals surface area (Å²) in [4.78, 5) is 15.8. The highest BCUT2D eigenvalue weighted by molar-refractivity contribution is 6.33. The summed E-state index contributed by atoms with van der Waals surface area (Å²) in [5.74, 6) is -0.236. The maximum atomic E-state index is 11.8. The molecule has 1 N–H and O–H groups in total. The SMILES string of the molecule is C=CCCOCCNC(=O)c1cnc(C)cc1Cl. The predicted molar refractivity (Wildman–Crippen MR) is 72.0 cm³/mol. The maximum Gasteiger partial charge on any atom is 0.254 e. The van der Waals surface area contributed by atoms with Crippen LogP contribution in [0.25, 0.3) is 0 Å². The van der Waals surface area contributed by atoms with Crippen molar-refractivity contribution in [1.82, 2.24) is 10.3 Å². The van der Waals surface area contributed by atoms with Crippen LogP contribution < -0.4 is 5.32 Å². The van der Waals surface area contributed by atoms with Gasteiger partial charge in [0.25, 0.3) is 5.91 Å². The summed E-state index contributed by atoms with van der Waals surface area (Å²) >= 11 is 5.96. The van der Waals surface area contributed by atoms with Crippen LogP contribution in [0, 0.1) is 6.92 Å². The van der Waals surface area contributed by atoms with Gasteiger partial charge in [-0.25, -0.2) is 0 Å². The molecule has 98 valence electrons. The van der Waals surface area contributed by atoms with Crippen molar-refractivity contribution in [3.63, 3.8) is 0 Å². The van der Waals surface area contributed by atoms with Crippen molar-refractivity contribution in [2.24, 2.45) is 0 Å². The molecule has 0 bridgehead atoms. The molecule has 0 fully saturated rings. The molecule has 0 saturated carbocycles. The van der Waals surface area contributed by atoms with Crippen LogP contribution in [0.3, 0.4) is 0 Å². The lowest BCUT2D eigenvalue weighted by Crippen LogP contribution is -2.27. The van der Waals surface area contributed by atoms with Gasteiger partial charge in [0.05, 0.1) is 23.8 Å². The highest BCUT2D eigenvalue weighted by Crippen LogP contribution is 2.15. The quantitative estimate of drug-likeness (QED) is 0.610. The Bertz CT molecular complexity index is 421. The molecule has 0 aliphatic carbocycles. The number of amides is 1. The molecule has 0 saturated heterocycles. The van der Waals surface area contributed by atoms with Crippen LogP contribution in [-0.4, -0.2) is 30.6 Å². The first kappa shape index (κ1) is 14.7. The number of aryl methyl sites for hydroxylation is 1. The Balaban J connectivity index is 2.34. The number of halogens is 1.